The van der Waals surface area contributed by atoms with E-state index in [1.54, 1.807) is 0 Å². The number of pyridine rings is 1. The summed E-state index contributed by atoms with van der Waals surface area (Å²) in [6.45, 7) is 9.30. The second kappa shape index (κ2) is 8.75. The van der Waals surface area contributed by atoms with Crippen LogP contribution in [0.1, 0.15) is 44.4 Å². The van der Waals surface area contributed by atoms with Crippen LogP contribution in [0.15, 0.2) is 109 Å². The first-order chi connectivity index (χ1) is 19.9. The normalized spacial score (nSPS) is 13.9. The third-order valence-corrected chi connectivity index (χ3v) is 9.27. The van der Waals surface area contributed by atoms with Crippen LogP contribution in [-0.4, -0.2) is 4.98 Å². The highest BCUT2D eigenvalue weighted by Gasteiger charge is 2.37. The molecule has 0 atom stereocenters. The molecular weight excluding hydrogens is 494 g/mol. The van der Waals surface area contributed by atoms with Crippen LogP contribution in [0.3, 0.4) is 0 Å². The fourth-order valence-electron chi connectivity index (χ4n) is 7.34. The molecule has 0 radical (unpaired) electrons. The fourth-order valence-corrected chi connectivity index (χ4v) is 7.34. The van der Waals surface area contributed by atoms with Crippen LogP contribution in [0.2, 0.25) is 0 Å². The van der Waals surface area contributed by atoms with Gasteiger partial charge in [0, 0.05) is 22.6 Å². The van der Waals surface area contributed by atoms with Gasteiger partial charge < -0.3 is 0 Å². The molecule has 1 nitrogen and oxygen atoms in total. The first kappa shape index (κ1) is 24.3. The average Bonchev–Trinajstić information content (AvgIpc) is 3.22. The summed E-state index contributed by atoms with van der Waals surface area (Å²) in [5, 5.41) is 10.4. The number of benzene rings is 6. The zero-order chi connectivity index (χ0) is 27.9. The van der Waals surface area contributed by atoms with Gasteiger partial charge in [0.1, 0.15) is 0 Å². The quantitative estimate of drug-likeness (QED) is 0.208. The smallest absolute Gasteiger partial charge is 0.0708 e. The van der Waals surface area contributed by atoms with Gasteiger partial charge in [-0.05, 0) is 90.0 Å². The van der Waals surface area contributed by atoms with Gasteiger partial charge in [-0.25, -0.2) is 0 Å². The van der Waals surface area contributed by atoms with Gasteiger partial charge in [0.25, 0.3) is 0 Å². The van der Waals surface area contributed by atoms with E-state index >= 15 is 0 Å². The van der Waals surface area contributed by atoms with Gasteiger partial charge in [0.15, 0.2) is 0 Å². The van der Waals surface area contributed by atoms with Crippen LogP contribution in [0.25, 0.3) is 65.5 Å². The lowest BCUT2D eigenvalue weighted by atomic mass is 9.81. The van der Waals surface area contributed by atoms with E-state index in [9.17, 15) is 0 Å². The highest BCUT2D eigenvalue weighted by molar-refractivity contribution is 6.29. The Bertz CT molecular complexity index is 2150. The van der Waals surface area contributed by atoms with Gasteiger partial charge >= 0.3 is 0 Å². The van der Waals surface area contributed by atoms with Crippen molar-refractivity contribution in [2.24, 2.45) is 5.92 Å². The Balaban J connectivity index is 1.40. The number of nitrogens with zero attached hydrogens (tertiary/aromatic N) is 1. The molecule has 0 spiro atoms. The molecule has 7 aromatic rings. The third kappa shape index (κ3) is 3.58. The van der Waals surface area contributed by atoms with Crippen LogP contribution in [0, 0.1) is 5.92 Å². The van der Waals surface area contributed by atoms with Crippen molar-refractivity contribution < 1.29 is 0 Å². The van der Waals surface area contributed by atoms with Crippen LogP contribution in [-0.2, 0) is 11.8 Å². The zero-order valence-electron chi connectivity index (χ0n) is 24.1. The van der Waals surface area contributed by atoms with E-state index in [0.29, 0.717) is 5.92 Å². The maximum Gasteiger partial charge on any atom is 0.0708 e. The highest BCUT2D eigenvalue weighted by atomic mass is 14.7. The van der Waals surface area contributed by atoms with E-state index < -0.39 is 0 Å². The third-order valence-electron chi connectivity index (χ3n) is 9.27. The Morgan fingerprint density at radius 3 is 2.02 bits per heavy atom. The van der Waals surface area contributed by atoms with Gasteiger partial charge in [-0.2, -0.15) is 0 Å². The molecule has 0 saturated heterocycles. The topological polar surface area (TPSA) is 12.9 Å². The number of rotatable bonds is 3. The molecule has 1 heterocycles. The second-order valence-corrected chi connectivity index (χ2v) is 12.7. The lowest BCUT2D eigenvalue weighted by Gasteiger charge is -2.22. The molecule has 0 fully saturated rings. The van der Waals surface area contributed by atoms with Crippen molar-refractivity contribution in [3.8, 4) is 22.4 Å². The number of hydrogen-bond acceptors (Lipinski definition) is 1. The summed E-state index contributed by atoms with van der Waals surface area (Å²) in [4.78, 5) is 4.94. The zero-order valence-corrected chi connectivity index (χ0v) is 24.1. The van der Waals surface area contributed by atoms with Gasteiger partial charge in [-0.1, -0.05) is 119 Å². The minimum atomic E-state index is -0.0767. The minimum absolute atomic E-state index is 0.0767. The van der Waals surface area contributed by atoms with Crippen molar-refractivity contribution in [2.75, 3.05) is 0 Å². The lowest BCUT2D eigenvalue weighted by Crippen LogP contribution is -2.14. The van der Waals surface area contributed by atoms with Crippen LogP contribution in [0.5, 0.6) is 0 Å². The van der Waals surface area contributed by atoms with Gasteiger partial charge in [-0.3, -0.25) is 4.98 Å². The van der Waals surface area contributed by atoms with Crippen molar-refractivity contribution in [1.82, 2.24) is 4.98 Å². The molecule has 0 amide bonds. The predicted molar refractivity (Wildman–Crippen MR) is 176 cm³/mol. The predicted octanol–water partition coefficient (Wildman–Crippen LogP) is 10.9. The fraction of sp³-hybridized carbons (Fsp3) is 0.175. The minimum Gasteiger partial charge on any atom is -0.256 e. The van der Waals surface area contributed by atoms with E-state index in [2.05, 4.69) is 131 Å². The molecule has 0 aliphatic heterocycles. The molecular formula is C40H33N. The number of fused-ring (bicyclic) bond motifs is 11. The van der Waals surface area contributed by atoms with E-state index in [1.807, 2.05) is 6.20 Å². The Morgan fingerprint density at radius 1 is 0.634 bits per heavy atom. The molecule has 0 unspecified atom stereocenters. The Kier molecular flexibility index (Phi) is 5.19. The summed E-state index contributed by atoms with van der Waals surface area (Å²) in [6.07, 6.45) is 3.12. The molecule has 6 aromatic carbocycles. The Hall–Kier alpha value is -4.49. The molecule has 1 aliphatic carbocycles. The first-order valence-electron chi connectivity index (χ1n) is 14.8. The molecule has 8 rings (SSSR count). The van der Waals surface area contributed by atoms with E-state index in [4.69, 9.17) is 4.98 Å². The van der Waals surface area contributed by atoms with Gasteiger partial charge in [0.2, 0.25) is 0 Å². The van der Waals surface area contributed by atoms with Crippen molar-refractivity contribution in [1.29, 1.82) is 0 Å². The Morgan fingerprint density at radius 2 is 1.29 bits per heavy atom. The second-order valence-electron chi connectivity index (χ2n) is 12.7. The maximum atomic E-state index is 4.94. The highest BCUT2D eigenvalue weighted by Crippen LogP contribution is 2.54. The van der Waals surface area contributed by atoms with E-state index in [0.717, 1.165) is 12.1 Å². The molecule has 1 aromatic heterocycles. The largest absolute Gasteiger partial charge is 0.256 e. The van der Waals surface area contributed by atoms with Gasteiger partial charge in [-0.15, -0.1) is 0 Å². The number of aromatic nitrogens is 1. The summed E-state index contributed by atoms with van der Waals surface area (Å²) < 4.78 is 0. The van der Waals surface area contributed by atoms with Crippen LogP contribution >= 0.6 is 0 Å². The molecule has 0 bridgehead atoms. The summed E-state index contributed by atoms with van der Waals surface area (Å²) in [5.74, 6) is 0.636. The molecule has 1 heteroatoms. The monoisotopic (exact) mass is 527 g/mol. The number of hydrogen-bond donors (Lipinski definition) is 0. The SMILES string of the molecule is CC(C)Cc1ccc2cnc(-c3ccc4c(c3)-c3c(ccc5c6ccccc6c6ccccc6c35)C4(C)C)cc2c1. The first-order valence-corrected chi connectivity index (χ1v) is 14.8. The van der Waals surface area contributed by atoms with Crippen molar-refractivity contribution in [3.63, 3.8) is 0 Å². The molecule has 1 aliphatic rings. The van der Waals surface area contributed by atoms with Crippen molar-refractivity contribution in [3.05, 3.63) is 126 Å². The summed E-state index contributed by atoms with van der Waals surface area (Å²) in [5.41, 5.74) is 9.03. The van der Waals surface area contributed by atoms with Gasteiger partial charge in [0.05, 0.1) is 5.69 Å². The molecule has 0 N–H and O–H groups in total. The lowest BCUT2D eigenvalue weighted by molar-refractivity contribution is 0.648. The van der Waals surface area contributed by atoms with Crippen molar-refractivity contribution in [2.45, 2.75) is 39.5 Å². The van der Waals surface area contributed by atoms with E-state index in [-0.39, 0.29) is 5.41 Å². The maximum absolute atomic E-state index is 4.94. The molecule has 198 valence electrons. The standard InChI is InChI=1S/C40H33N/c1-24(2)19-25-13-14-27-23-41-37(22-28(27)20-25)26-15-17-35-34(21-26)39-36(40(35,3)4)18-16-33-31-11-6-5-9-29(31)30-10-7-8-12-32(30)38(33)39/h5-18,20-24H,19H2,1-4H3. The van der Waals surface area contributed by atoms with Crippen molar-refractivity contribution >= 4 is 43.1 Å². The van der Waals surface area contributed by atoms with Crippen LogP contribution in [0.4, 0.5) is 0 Å². The van der Waals surface area contributed by atoms with Crippen LogP contribution < -0.4 is 0 Å². The molecule has 0 saturated carbocycles. The summed E-state index contributed by atoms with van der Waals surface area (Å²) in [6, 6.07) is 38.6. The summed E-state index contributed by atoms with van der Waals surface area (Å²) >= 11 is 0. The Labute approximate surface area is 241 Å². The molecule has 41 heavy (non-hydrogen) atoms. The summed E-state index contributed by atoms with van der Waals surface area (Å²) in [7, 11) is 0. The van der Waals surface area contributed by atoms with E-state index in [1.165, 1.54) is 76.5 Å². The average molecular weight is 528 g/mol.